The van der Waals surface area contributed by atoms with Gasteiger partial charge in [0.15, 0.2) is 18.7 Å². The van der Waals surface area contributed by atoms with E-state index in [1.54, 1.807) is 53.6 Å². The molecule has 0 saturated carbocycles. The van der Waals surface area contributed by atoms with Gasteiger partial charge in [-0.05, 0) is 110 Å². The average Bonchev–Trinajstić information content (AvgIpc) is 3.29. The highest BCUT2D eigenvalue weighted by Crippen LogP contribution is 2.38. The third-order valence-corrected chi connectivity index (χ3v) is 14.1. The molecule has 0 spiro atoms. The van der Waals surface area contributed by atoms with Crippen LogP contribution in [0.3, 0.4) is 0 Å². The summed E-state index contributed by atoms with van der Waals surface area (Å²) in [6.07, 6.45) is -5.89. The summed E-state index contributed by atoms with van der Waals surface area (Å²) < 4.78 is 43.8. The molecule has 69 heavy (non-hydrogen) atoms. The SMILES string of the molecule is CCC(=O)O[C@@H]1CC(=O)NC(CCCc2ccnc3ccccc23)CCN(C)C[C@H](O)[C@H](C)C[C@H](CC=O)[C@H](O[C@@H]2OC(C)[C@H](O[C@H]3CC(C)(O)[C@@H](OC(=O)CC)C(C)O3)C(N(C)C)C2O)[C@H]1OC. The van der Waals surface area contributed by atoms with Crippen LogP contribution in [0.25, 0.3) is 10.9 Å². The predicted molar refractivity (Wildman–Crippen MR) is 256 cm³/mol. The summed E-state index contributed by atoms with van der Waals surface area (Å²) in [6.45, 7) is 11.1. The Hall–Kier alpha value is -3.69. The molecule has 3 saturated heterocycles. The number of aromatic nitrogens is 1. The fourth-order valence-corrected chi connectivity index (χ4v) is 10.3. The quantitative estimate of drug-likeness (QED) is 0.139. The summed E-state index contributed by atoms with van der Waals surface area (Å²) in [5.74, 6) is -2.46. The molecule has 18 heteroatoms. The maximum absolute atomic E-state index is 14.3. The van der Waals surface area contributed by atoms with E-state index in [4.69, 9.17) is 33.2 Å². The van der Waals surface area contributed by atoms with E-state index in [1.165, 1.54) is 12.7 Å². The summed E-state index contributed by atoms with van der Waals surface area (Å²) in [5, 5.41) is 39.7. The van der Waals surface area contributed by atoms with Crippen molar-refractivity contribution >= 4 is 35.0 Å². The Labute approximate surface area is 408 Å². The smallest absolute Gasteiger partial charge is 0.305 e. The topological polar surface area (TPSA) is 225 Å². The number of aryl methyl sites for hydroxylation is 1. The number of rotatable bonds is 16. The number of aliphatic hydroxyl groups excluding tert-OH is 2. The van der Waals surface area contributed by atoms with Crippen molar-refractivity contribution in [3.8, 4) is 0 Å². The van der Waals surface area contributed by atoms with Gasteiger partial charge in [-0.1, -0.05) is 39.0 Å². The number of pyridine rings is 1. The van der Waals surface area contributed by atoms with Crippen molar-refractivity contribution in [3.63, 3.8) is 0 Å². The number of ether oxygens (including phenoxy) is 7. The lowest BCUT2D eigenvalue weighted by atomic mass is 9.82. The Kier molecular flexibility index (Phi) is 21.3. The third-order valence-electron chi connectivity index (χ3n) is 14.1. The van der Waals surface area contributed by atoms with Crippen molar-refractivity contribution in [1.29, 1.82) is 0 Å². The van der Waals surface area contributed by atoms with E-state index in [0.29, 0.717) is 25.9 Å². The number of para-hydroxylation sites is 1. The lowest BCUT2D eigenvalue weighted by molar-refractivity contribution is -0.344. The monoisotopic (exact) mass is 973 g/mol. The molecule has 0 bridgehead atoms. The molecule has 3 aliphatic heterocycles. The first kappa shape index (κ1) is 56.2. The zero-order valence-electron chi connectivity index (χ0n) is 42.4. The Morgan fingerprint density at radius 3 is 2.38 bits per heavy atom. The number of hydrogen-bond donors (Lipinski definition) is 4. The molecule has 2 aromatic rings. The van der Waals surface area contributed by atoms with Gasteiger partial charge in [-0.3, -0.25) is 19.4 Å². The third kappa shape index (κ3) is 15.2. The number of benzene rings is 1. The van der Waals surface area contributed by atoms with Crippen LogP contribution in [-0.2, 0) is 58.8 Å². The number of carbonyl (C=O) groups is 4. The highest BCUT2D eigenvalue weighted by atomic mass is 16.7. The first-order valence-electron chi connectivity index (χ1n) is 24.8. The highest BCUT2D eigenvalue weighted by molar-refractivity contribution is 5.81. The molecule has 1 amide bonds. The summed E-state index contributed by atoms with van der Waals surface area (Å²) in [7, 11) is 6.88. The van der Waals surface area contributed by atoms with Crippen LogP contribution in [-0.4, -0.2) is 181 Å². The van der Waals surface area contributed by atoms with Gasteiger partial charge in [0.05, 0.1) is 42.4 Å². The van der Waals surface area contributed by atoms with Crippen LogP contribution in [0.5, 0.6) is 0 Å². The number of hydrogen-bond acceptors (Lipinski definition) is 17. The molecule has 388 valence electrons. The number of carbonyl (C=O) groups excluding carboxylic acids is 4. The van der Waals surface area contributed by atoms with E-state index in [1.807, 2.05) is 49.3 Å². The molecule has 3 fully saturated rings. The normalized spacial score (nSPS) is 35.7. The number of methoxy groups -OCH3 is 1. The van der Waals surface area contributed by atoms with Crippen LogP contribution in [0.1, 0.15) is 105 Å². The van der Waals surface area contributed by atoms with Crippen LogP contribution >= 0.6 is 0 Å². The van der Waals surface area contributed by atoms with Gasteiger partial charge in [0.1, 0.15) is 36.3 Å². The first-order valence-corrected chi connectivity index (χ1v) is 24.8. The number of β-amino-alcohol motifs (C(OH)–C–C–N with tert-alkyl or cyclic N) is 1. The predicted octanol–water partition coefficient (Wildman–Crippen LogP) is 3.71. The molecule has 3 aliphatic rings. The number of nitrogens with one attached hydrogen (secondary N) is 1. The number of fused-ring (bicyclic) bond motifs is 1. The van der Waals surface area contributed by atoms with E-state index in [9.17, 15) is 34.5 Å². The number of aldehydes is 1. The number of nitrogens with zero attached hydrogens (tertiary/aromatic N) is 3. The lowest BCUT2D eigenvalue weighted by Gasteiger charge is -2.50. The van der Waals surface area contributed by atoms with E-state index in [-0.39, 0.29) is 56.4 Å². The Balaban J connectivity index is 1.43. The molecular formula is C51H80N4O14. The molecule has 0 aliphatic carbocycles. The van der Waals surface area contributed by atoms with Crippen LogP contribution in [0, 0.1) is 11.8 Å². The van der Waals surface area contributed by atoms with E-state index in [0.717, 1.165) is 30.0 Å². The fourth-order valence-electron chi connectivity index (χ4n) is 10.3. The van der Waals surface area contributed by atoms with Gasteiger partial charge in [0.25, 0.3) is 0 Å². The summed E-state index contributed by atoms with van der Waals surface area (Å²) >= 11 is 0. The second-order valence-electron chi connectivity index (χ2n) is 19.9. The highest BCUT2D eigenvalue weighted by Gasteiger charge is 2.53. The minimum absolute atomic E-state index is 0.0110. The maximum atomic E-state index is 14.3. The van der Waals surface area contributed by atoms with E-state index in [2.05, 4.69) is 16.4 Å². The number of likely N-dealkylation sites (N-methyl/N-ethyl adjacent to an activating group) is 2. The van der Waals surface area contributed by atoms with Crippen molar-refractivity contribution in [1.82, 2.24) is 20.1 Å². The minimum Gasteiger partial charge on any atom is -0.459 e. The van der Waals surface area contributed by atoms with Crippen molar-refractivity contribution in [2.24, 2.45) is 11.8 Å². The number of amides is 1. The maximum Gasteiger partial charge on any atom is 0.305 e. The molecule has 1 aromatic heterocycles. The van der Waals surface area contributed by atoms with Gasteiger partial charge in [-0.15, -0.1) is 0 Å². The van der Waals surface area contributed by atoms with Crippen molar-refractivity contribution in [3.05, 3.63) is 42.1 Å². The standard InChI is InChI=1S/C51H80N4O14/c1-11-41(59)66-39-27-40(58)53-35(17-15-16-33-20-23-52-37-19-14-13-18-36(33)37)21-24-55(9)29-38(57)30(3)26-34(22-25-56)47(48(39)63-10)69-50-45(61)44(54(7)8)46(31(4)65-50)68-43-28-51(6,62)49(32(5)64-43)67-42(60)12-2/h13-14,18-20,23,25,30-32,34-35,38-39,43-50,57,61-62H,11-12,15-17,21-22,24,26-29H2,1-10H3,(H,53,58)/t30-,31?,32?,34+,35?,38+,39-,43+,44?,45?,46+,47+,48+,49+,50+,51?/m1/s1. The molecule has 16 atom stereocenters. The molecule has 18 nitrogen and oxygen atoms in total. The van der Waals surface area contributed by atoms with Crippen molar-refractivity contribution in [2.45, 2.75) is 191 Å². The number of aliphatic hydroxyl groups is 3. The van der Waals surface area contributed by atoms with Gasteiger partial charge < -0.3 is 68.4 Å². The van der Waals surface area contributed by atoms with Gasteiger partial charge in [0, 0.05) is 57.0 Å². The first-order chi connectivity index (χ1) is 32.8. The zero-order valence-corrected chi connectivity index (χ0v) is 42.4. The summed E-state index contributed by atoms with van der Waals surface area (Å²) in [4.78, 5) is 60.6. The van der Waals surface area contributed by atoms with E-state index >= 15 is 0 Å². The number of esters is 2. The lowest BCUT2D eigenvalue weighted by Crippen LogP contribution is -2.66. The summed E-state index contributed by atoms with van der Waals surface area (Å²) in [6, 6.07) is 8.99. The average molecular weight is 973 g/mol. The minimum atomic E-state index is -1.50. The van der Waals surface area contributed by atoms with E-state index < -0.39 is 97.0 Å². The van der Waals surface area contributed by atoms with Crippen LogP contribution in [0.2, 0.25) is 0 Å². The molecule has 5 rings (SSSR count). The summed E-state index contributed by atoms with van der Waals surface area (Å²) in [5.41, 5.74) is 0.588. The van der Waals surface area contributed by atoms with Crippen molar-refractivity contribution in [2.75, 3.05) is 41.3 Å². The second kappa shape index (κ2) is 26.1. The van der Waals surface area contributed by atoms with Crippen LogP contribution in [0.15, 0.2) is 36.5 Å². The molecule has 1 aromatic carbocycles. The molecule has 4 heterocycles. The second-order valence-corrected chi connectivity index (χ2v) is 19.9. The largest absolute Gasteiger partial charge is 0.459 e. The zero-order chi connectivity index (χ0) is 50.6. The Morgan fingerprint density at radius 2 is 1.71 bits per heavy atom. The molecule has 0 radical (unpaired) electrons. The molecule has 6 unspecified atom stereocenters. The van der Waals surface area contributed by atoms with Crippen LogP contribution < -0.4 is 5.32 Å². The molecule has 4 N–H and O–H groups in total. The van der Waals surface area contributed by atoms with Gasteiger partial charge >= 0.3 is 11.9 Å². The Morgan fingerprint density at radius 1 is 1.00 bits per heavy atom. The van der Waals surface area contributed by atoms with Gasteiger partial charge in [0.2, 0.25) is 5.91 Å². The van der Waals surface area contributed by atoms with Crippen LogP contribution in [0.4, 0.5) is 0 Å². The fraction of sp³-hybridized carbons (Fsp3) is 0.745. The van der Waals surface area contributed by atoms with Crippen molar-refractivity contribution < 1.29 is 67.7 Å². The van der Waals surface area contributed by atoms with Gasteiger partial charge in [-0.2, -0.15) is 0 Å². The van der Waals surface area contributed by atoms with Gasteiger partial charge in [-0.25, -0.2) is 0 Å². The molecular weight excluding hydrogens is 893 g/mol. The Bertz CT molecular complexity index is 1950.